The quantitative estimate of drug-likeness (QED) is 0.473. The lowest BCUT2D eigenvalue weighted by Crippen LogP contribution is -2.47. The highest BCUT2D eigenvalue weighted by molar-refractivity contribution is 6.09. The van der Waals surface area contributed by atoms with Gasteiger partial charge in [-0.2, -0.15) is 0 Å². The number of hydrogen-bond donors (Lipinski definition) is 1. The fraction of sp³-hybridized carbons (Fsp3) is 0.296. The van der Waals surface area contributed by atoms with Crippen molar-refractivity contribution in [2.24, 2.45) is 0 Å². The van der Waals surface area contributed by atoms with Crippen LogP contribution in [0.1, 0.15) is 71.5 Å². The van der Waals surface area contributed by atoms with Gasteiger partial charge < -0.3 is 9.73 Å². The number of nitrogens with zero attached hydrogens (tertiary/aromatic N) is 1. The molecular weight excluding hydrogens is 435 g/mol. The van der Waals surface area contributed by atoms with Crippen LogP contribution >= 0.6 is 0 Å². The van der Waals surface area contributed by atoms with Crippen LogP contribution in [0.3, 0.4) is 0 Å². The molecule has 1 fully saturated rings. The van der Waals surface area contributed by atoms with Gasteiger partial charge >= 0.3 is 0 Å². The fourth-order valence-corrected chi connectivity index (χ4v) is 4.35. The molecular formula is C27H27FN2O4. The molecule has 1 aliphatic rings. The first kappa shape index (κ1) is 23.4. The number of Topliss-reactive ketones (excluding diaryl/α,β-unsaturated/α-hetero) is 1. The van der Waals surface area contributed by atoms with E-state index in [0.29, 0.717) is 16.8 Å². The summed E-state index contributed by atoms with van der Waals surface area (Å²) >= 11 is 0. The normalized spacial score (nSPS) is 14.9. The highest BCUT2D eigenvalue weighted by Crippen LogP contribution is 2.31. The third kappa shape index (κ3) is 5.25. The van der Waals surface area contributed by atoms with Crippen molar-refractivity contribution in [3.8, 4) is 0 Å². The first-order valence-corrected chi connectivity index (χ1v) is 11.5. The summed E-state index contributed by atoms with van der Waals surface area (Å²) in [6.45, 7) is 1.46. The molecule has 1 aromatic heterocycles. The van der Waals surface area contributed by atoms with E-state index in [4.69, 9.17) is 4.42 Å². The number of furan rings is 1. The van der Waals surface area contributed by atoms with Crippen LogP contribution in [0.25, 0.3) is 0 Å². The molecule has 176 valence electrons. The van der Waals surface area contributed by atoms with Gasteiger partial charge in [0.05, 0.1) is 6.26 Å². The molecule has 0 saturated heterocycles. The predicted molar refractivity (Wildman–Crippen MR) is 126 cm³/mol. The molecule has 2 aromatic carbocycles. The van der Waals surface area contributed by atoms with Crippen LogP contribution in [-0.4, -0.2) is 23.6 Å². The molecule has 0 spiro atoms. The van der Waals surface area contributed by atoms with Gasteiger partial charge in [0.25, 0.3) is 5.91 Å². The van der Waals surface area contributed by atoms with E-state index in [2.05, 4.69) is 5.32 Å². The maximum Gasteiger partial charge on any atom is 0.294 e. The van der Waals surface area contributed by atoms with Crippen molar-refractivity contribution in [1.29, 1.82) is 0 Å². The molecule has 0 unspecified atom stereocenters. The molecule has 1 heterocycles. The lowest BCUT2D eigenvalue weighted by molar-refractivity contribution is -0.123. The molecule has 0 aliphatic heterocycles. The Bertz CT molecular complexity index is 1130. The highest BCUT2D eigenvalue weighted by Gasteiger charge is 2.35. The minimum Gasteiger partial charge on any atom is -0.459 e. The number of amides is 2. The topological polar surface area (TPSA) is 79.6 Å². The number of rotatable bonds is 7. The molecule has 2 amide bonds. The number of hydrogen-bond acceptors (Lipinski definition) is 4. The molecule has 6 nitrogen and oxygen atoms in total. The van der Waals surface area contributed by atoms with Crippen LogP contribution in [0.4, 0.5) is 10.1 Å². The van der Waals surface area contributed by atoms with Gasteiger partial charge in [0.15, 0.2) is 11.5 Å². The van der Waals surface area contributed by atoms with Crippen LogP contribution in [-0.2, 0) is 4.79 Å². The summed E-state index contributed by atoms with van der Waals surface area (Å²) in [5.74, 6) is -1.36. The van der Waals surface area contributed by atoms with Crippen LogP contribution in [0, 0.1) is 5.82 Å². The summed E-state index contributed by atoms with van der Waals surface area (Å²) in [5.41, 5.74) is 1.36. The summed E-state index contributed by atoms with van der Waals surface area (Å²) in [7, 11) is 0. The number of carbonyl (C=O) groups is 3. The van der Waals surface area contributed by atoms with Crippen molar-refractivity contribution >= 4 is 23.3 Å². The summed E-state index contributed by atoms with van der Waals surface area (Å²) in [4.78, 5) is 40.4. The van der Waals surface area contributed by atoms with E-state index in [1.165, 1.54) is 48.4 Å². The standard InChI is InChI=1S/C27H27FN2O4/c1-18(31)19-11-15-23(16-12-19)30(27(33)24-8-5-17-34-24)25(20-9-13-21(28)14-10-20)26(32)29-22-6-3-2-4-7-22/h5,8-17,22,25H,2-4,6-7H2,1H3,(H,29,32)/t25-/m1/s1. The summed E-state index contributed by atoms with van der Waals surface area (Å²) < 4.78 is 19.1. The smallest absolute Gasteiger partial charge is 0.294 e. The van der Waals surface area contributed by atoms with Crippen molar-refractivity contribution in [2.45, 2.75) is 51.1 Å². The first-order chi connectivity index (χ1) is 16.4. The van der Waals surface area contributed by atoms with E-state index in [0.717, 1.165) is 32.1 Å². The lowest BCUT2D eigenvalue weighted by Gasteiger charge is -2.33. The average molecular weight is 463 g/mol. The maximum absolute atomic E-state index is 13.7. The second kappa shape index (κ2) is 10.5. The molecule has 3 aromatic rings. The van der Waals surface area contributed by atoms with Gasteiger partial charge in [-0.25, -0.2) is 4.39 Å². The number of anilines is 1. The van der Waals surface area contributed by atoms with Gasteiger partial charge in [-0.1, -0.05) is 31.4 Å². The number of ketones is 1. The van der Waals surface area contributed by atoms with Crippen molar-refractivity contribution in [3.05, 3.63) is 89.6 Å². The monoisotopic (exact) mass is 462 g/mol. The third-order valence-corrected chi connectivity index (χ3v) is 6.15. The van der Waals surface area contributed by atoms with Crippen LogP contribution in [0.15, 0.2) is 71.3 Å². The second-order valence-electron chi connectivity index (χ2n) is 8.55. The van der Waals surface area contributed by atoms with Gasteiger partial charge in [0.1, 0.15) is 11.9 Å². The van der Waals surface area contributed by atoms with E-state index in [-0.39, 0.29) is 23.5 Å². The van der Waals surface area contributed by atoms with E-state index in [1.54, 1.807) is 30.3 Å². The van der Waals surface area contributed by atoms with E-state index < -0.39 is 17.8 Å². The average Bonchev–Trinajstić information content (AvgIpc) is 3.39. The zero-order valence-electron chi connectivity index (χ0n) is 19.0. The fourth-order valence-electron chi connectivity index (χ4n) is 4.35. The minimum absolute atomic E-state index is 0.0184. The van der Waals surface area contributed by atoms with Crippen molar-refractivity contribution in [3.63, 3.8) is 0 Å². The molecule has 0 radical (unpaired) electrons. The summed E-state index contributed by atoms with van der Waals surface area (Å²) in [6, 6.07) is 14.1. The Morgan fingerprint density at radius 3 is 2.24 bits per heavy atom. The Hall–Kier alpha value is -3.74. The van der Waals surface area contributed by atoms with Crippen LogP contribution in [0.5, 0.6) is 0 Å². The van der Waals surface area contributed by atoms with Crippen molar-refractivity contribution < 1.29 is 23.2 Å². The molecule has 7 heteroatoms. The minimum atomic E-state index is -1.07. The zero-order valence-corrected chi connectivity index (χ0v) is 19.0. The molecule has 1 atom stereocenters. The largest absolute Gasteiger partial charge is 0.459 e. The third-order valence-electron chi connectivity index (χ3n) is 6.15. The SMILES string of the molecule is CC(=O)c1ccc(N(C(=O)c2ccco2)[C@@H](C(=O)NC2CCCCC2)c2ccc(F)cc2)cc1. The lowest BCUT2D eigenvalue weighted by atomic mass is 9.94. The molecule has 4 rings (SSSR count). The van der Waals surface area contributed by atoms with E-state index in [1.807, 2.05) is 0 Å². The number of nitrogens with one attached hydrogen (secondary N) is 1. The second-order valence-corrected chi connectivity index (χ2v) is 8.55. The van der Waals surface area contributed by atoms with Crippen molar-refractivity contribution in [1.82, 2.24) is 5.32 Å². The summed E-state index contributed by atoms with van der Waals surface area (Å²) in [5, 5.41) is 3.10. The number of halogens is 1. The van der Waals surface area contributed by atoms with E-state index >= 15 is 0 Å². The first-order valence-electron chi connectivity index (χ1n) is 11.5. The molecule has 34 heavy (non-hydrogen) atoms. The highest BCUT2D eigenvalue weighted by atomic mass is 19.1. The van der Waals surface area contributed by atoms with Gasteiger partial charge in [-0.05, 0) is 73.9 Å². The van der Waals surface area contributed by atoms with Gasteiger partial charge in [0.2, 0.25) is 5.91 Å². The Kier molecular flexibility index (Phi) is 7.21. The molecule has 1 saturated carbocycles. The Morgan fingerprint density at radius 1 is 0.971 bits per heavy atom. The Morgan fingerprint density at radius 2 is 1.65 bits per heavy atom. The Balaban J connectivity index is 1.78. The van der Waals surface area contributed by atoms with E-state index in [9.17, 15) is 18.8 Å². The number of carbonyl (C=O) groups excluding carboxylic acids is 3. The molecule has 0 bridgehead atoms. The van der Waals surface area contributed by atoms with Gasteiger partial charge in [-0.15, -0.1) is 0 Å². The predicted octanol–water partition coefficient (Wildman–Crippen LogP) is 5.46. The van der Waals surface area contributed by atoms with Gasteiger partial charge in [0, 0.05) is 17.3 Å². The van der Waals surface area contributed by atoms with Crippen LogP contribution in [0.2, 0.25) is 0 Å². The number of benzene rings is 2. The van der Waals surface area contributed by atoms with Gasteiger partial charge in [-0.3, -0.25) is 19.3 Å². The Labute approximate surface area is 197 Å². The van der Waals surface area contributed by atoms with Crippen molar-refractivity contribution in [2.75, 3.05) is 4.90 Å². The van der Waals surface area contributed by atoms with Crippen LogP contribution < -0.4 is 10.2 Å². The zero-order chi connectivity index (χ0) is 24.1. The maximum atomic E-state index is 13.7. The molecule has 1 N–H and O–H groups in total. The molecule has 1 aliphatic carbocycles. The summed E-state index contributed by atoms with van der Waals surface area (Å²) in [6.07, 6.45) is 6.35.